The maximum Gasteiger partial charge on any atom is 0.290 e. The molecule has 12 heteroatoms. The number of benzene rings is 2. The summed E-state index contributed by atoms with van der Waals surface area (Å²) >= 11 is 1.20. The Balaban J connectivity index is 1.65. The van der Waals surface area contributed by atoms with Crippen LogP contribution in [0, 0.1) is 18.6 Å². The summed E-state index contributed by atoms with van der Waals surface area (Å²) in [7, 11) is 2.85. The highest BCUT2D eigenvalue weighted by Crippen LogP contribution is 2.40. The zero-order chi connectivity index (χ0) is 27.8. The monoisotopic (exact) mass is 554 g/mol. The third-order valence-corrected chi connectivity index (χ3v) is 7.56. The van der Waals surface area contributed by atoms with E-state index < -0.39 is 40.5 Å². The first kappa shape index (κ1) is 26.3. The number of aromatic hydroxyl groups is 1. The predicted molar refractivity (Wildman–Crippen MR) is 140 cm³/mol. The average molecular weight is 555 g/mol. The van der Waals surface area contributed by atoms with Crippen molar-refractivity contribution >= 4 is 17.2 Å². The number of methoxy groups -OCH3 is 2. The van der Waals surface area contributed by atoms with Crippen molar-refractivity contribution in [3.8, 4) is 33.9 Å². The van der Waals surface area contributed by atoms with E-state index in [9.17, 15) is 23.5 Å². The second kappa shape index (κ2) is 10.4. The molecule has 1 aliphatic heterocycles. The summed E-state index contributed by atoms with van der Waals surface area (Å²) in [5.74, 6) is -2.97. The van der Waals surface area contributed by atoms with Crippen LogP contribution in [0.5, 0.6) is 17.4 Å². The standard InChI is InChI=1S/C27H24F2N4O5S/c1-14-13-39-25(30-14)23-31-24(34)21(27(36)33(23)22-18(37-2)8-5-9-19(22)38-3)26(35)32-11-10-15(12-32)20-16(28)6-4-7-17(20)29/h4-9,13,15,36H,10-12H2,1-3H3. The van der Waals surface area contributed by atoms with Crippen molar-refractivity contribution in [2.24, 2.45) is 0 Å². The molecule has 5 rings (SSSR count). The van der Waals surface area contributed by atoms with Gasteiger partial charge >= 0.3 is 0 Å². The van der Waals surface area contributed by atoms with Crippen LogP contribution in [-0.2, 0) is 0 Å². The Hall–Kier alpha value is -4.32. The minimum absolute atomic E-state index is 0.0114. The molecule has 1 fully saturated rings. The molecule has 2 aromatic heterocycles. The summed E-state index contributed by atoms with van der Waals surface area (Å²) in [5, 5.41) is 13.6. The number of amides is 1. The van der Waals surface area contributed by atoms with Crippen molar-refractivity contribution in [3.05, 3.63) is 80.6 Å². The zero-order valence-electron chi connectivity index (χ0n) is 21.3. The van der Waals surface area contributed by atoms with E-state index in [1.54, 1.807) is 30.5 Å². The van der Waals surface area contributed by atoms with Crippen LogP contribution in [0.15, 0.2) is 46.6 Å². The maximum absolute atomic E-state index is 14.4. The second-order valence-electron chi connectivity index (χ2n) is 8.95. The summed E-state index contributed by atoms with van der Waals surface area (Å²) in [6, 6.07) is 8.53. The van der Waals surface area contributed by atoms with E-state index in [1.807, 2.05) is 0 Å². The minimum atomic E-state index is -0.967. The first-order chi connectivity index (χ1) is 18.7. The van der Waals surface area contributed by atoms with Gasteiger partial charge in [-0.1, -0.05) is 12.1 Å². The Morgan fingerprint density at radius 2 is 1.72 bits per heavy atom. The molecule has 202 valence electrons. The normalized spacial score (nSPS) is 15.0. The number of carbonyl (C=O) groups excluding carboxylic acids is 1. The Morgan fingerprint density at radius 1 is 1.08 bits per heavy atom. The largest absolute Gasteiger partial charge is 0.494 e. The summed E-state index contributed by atoms with van der Waals surface area (Å²) in [4.78, 5) is 36.7. The molecule has 1 N–H and O–H groups in total. The molecular weight excluding hydrogens is 530 g/mol. The van der Waals surface area contributed by atoms with Gasteiger partial charge in [-0.05, 0) is 37.6 Å². The summed E-state index contributed by atoms with van der Waals surface area (Å²) < 4.78 is 41.0. The van der Waals surface area contributed by atoms with Crippen molar-refractivity contribution in [3.63, 3.8) is 0 Å². The summed E-state index contributed by atoms with van der Waals surface area (Å²) in [6.07, 6.45) is 0.281. The van der Waals surface area contributed by atoms with Crippen LogP contribution >= 0.6 is 11.3 Å². The number of carbonyl (C=O) groups is 1. The van der Waals surface area contributed by atoms with Crippen molar-refractivity contribution in [2.75, 3.05) is 27.3 Å². The lowest BCUT2D eigenvalue weighted by atomic mass is 9.97. The van der Waals surface area contributed by atoms with Gasteiger partial charge in [0.05, 0.1) is 14.2 Å². The van der Waals surface area contributed by atoms with E-state index in [-0.39, 0.29) is 48.1 Å². The summed E-state index contributed by atoms with van der Waals surface area (Å²) in [5.41, 5.74) is -0.788. The number of hydrogen-bond acceptors (Lipinski definition) is 8. The van der Waals surface area contributed by atoms with Gasteiger partial charge in [-0.25, -0.2) is 13.8 Å². The highest BCUT2D eigenvalue weighted by Gasteiger charge is 2.35. The number of halogens is 2. The molecule has 1 atom stereocenters. The van der Waals surface area contributed by atoms with Gasteiger partial charge in [-0.3, -0.25) is 14.2 Å². The molecule has 0 aliphatic carbocycles. The predicted octanol–water partition coefficient (Wildman–Crippen LogP) is 4.30. The smallest absolute Gasteiger partial charge is 0.290 e. The van der Waals surface area contributed by atoms with Crippen molar-refractivity contribution in [1.82, 2.24) is 19.4 Å². The highest BCUT2D eigenvalue weighted by atomic mass is 32.1. The molecule has 1 unspecified atom stereocenters. The molecule has 3 heterocycles. The van der Waals surface area contributed by atoms with Gasteiger partial charge in [0.15, 0.2) is 16.4 Å². The van der Waals surface area contributed by atoms with Crippen LogP contribution in [0.3, 0.4) is 0 Å². The fraction of sp³-hybridized carbons (Fsp3) is 0.259. The van der Waals surface area contributed by atoms with Crippen molar-refractivity contribution in [1.29, 1.82) is 0 Å². The molecule has 4 aromatic rings. The average Bonchev–Trinajstić information content (AvgIpc) is 3.57. The number of thiazole rings is 1. The Bertz CT molecular complexity index is 1590. The first-order valence-electron chi connectivity index (χ1n) is 12.0. The van der Waals surface area contributed by atoms with E-state index in [2.05, 4.69) is 9.97 Å². The molecule has 0 spiro atoms. The Morgan fingerprint density at radius 3 is 2.31 bits per heavy atom. The molecule has 0 saturated carbocycles. The molecule has 0 bridgehead atoms. The van der Waals surface area contributed by atoms with Gasteiger partial charge in [0, 0.05) is 35.6 Å². The first-order valence-corrected chi connectivity index (χ1v) is 12.9. The second-order valence-corrected chi connectivity index (χ2v) is 9.81. The van der Waals surface area contributed by atoms with Crippen LogP contribution in [0.4, 0.5) is 8.78 Å². The van der Waals surface area contributed by atoms with Crippen LogP contribution in [0.2, 0.25) is 0 Å². The number of aryl methyl sites for hydroxylation is 1. The number of hydrogen-bond donors (Lipinski definition) is 1. The van der Waals surface area contributed by atoms with Gasteiger partial charge in [0.2, 0.25) is 5.88 Å². The van der Waals surface area contributed by atoms with E-state index in [1.165, 1.54) is 41.1 Å². The van der Waals surface area contributed by atoms with Crippen LogP contribution in [-0.4, -0.2) is 57.8 Å². The third kappa shape index (κ3) is 4.60. The number of rotatable bonds is 6. The van der Waals surface area contributed by atoms with Gasteiger partial charge in [-0.15, -0.1) is 11.3 Å². The lowest BCUT2D eigenvalue weighted by Gasteiger charge is -2.22. The van der Waals surface area contributed by atoms with E-state index in [4.69, 9.17) is 9.47 Å². The molecule has 39 heavy (non-hydrogen) atoms. The number of ether oxygens (including phenoxy) is 2. The topological polar surface area (TPSA) is 107 Å². The minimum Gasteiger partial charge on any atom is -0.494 e. The molecular formula is C27H24F2N4O5S. The van der Waals surface area contributed by atoms with Crippen molar-refractivity contribution in [2.45, 2.75) is 19.3 Å². The molecule has 1 saturated heterocycles. The lowest BCUT2D eigenvalue weighted by Crippen LogP contribution is -2.34. The number of para-hydroxylation sites is 1. The van der Waals surface area contributed by atoms with Gasteiger partial charge in [0.1, 0.15) is 28.8 Å². The SMILES string of the molecule is COc1cccc(OC)c1-n1c(-c2nc(C)cs2)nc(=O)c(C(=O)N2CCC(c3c(F)cccc3F)C2)c1O. The Labute approximate surface area is 225 Å². The zero-order valence-corrected chi connectivity index (χ0v) is 22.1. The van der Waals surface area contributed by atoms with E-state index >= 15 is 0 Å². The van der Waals surface area contributed by atoms with Gasteiger partial charge in [0.25, 0.3) is 11.5 Å². The van der Waals surface area contributed by atoms with E-state index in [0.29, 0.717) is 10.7 Å². The van der Waals surface area contributed by atoms with E-state index in [0.717, 1.165) is 12.1 Å². The molecule has 1 aliphatic rings. The molecule has 1 amide bonds. The molecule has 9 nitrogen and oxygen atoms in total. The fourth-order valence-electron chi connectivity index (χ4n) is 4.80. The van der Waals surface area contributed by atoms with Crippen LogP contribution < -0.4 is 15.0 Å². The fourth-order valence-corrected chi connectivity index (χ4v) is 5.57. The summed E-state index contributed by atoms with van der Waals surface area (Å²) in [6.45, 7) is 1.86. The molecule has 2 aromatic carbocycles. The van der Waals surface area contributed by atoms with Crippen LogP contribution in [0.25, 0.3) is 16.5 Å². The molecule has 0 radical (unpaired) electrons. The maximum atomic E-state index is 14.4. The lowest BCUT2D eigenvalue weighted by molar-refractivity contribution is 0.0784. The number of nitrogens with zero attached hydrogens (tertiary/aromatic N) is 4. The van der Waals surface area contributed by atoms with Crippen molar-refractivity contribution < 1.29 is 28.2 Å². The number of likely N-dealkylation sites (tertiary alicyclic amines) is 1. The number of aromatic nitrogens is 3. The highest BCUT2D eigenvalue weighted by molar-refractivity contribution is 7.13. The Kier molecular flexibility index (Phi) is 7.04. The third-order valence-electron chi connectivity index (χ3n) is 6.60. The van der Waals surface area contributed by atoms with Crippen LogP contribution in [0.1, 0.15) is 34.0 Å². The van der Waals surface area contributed by atoms with Gasteiger partial charge in [-0.2, -0.15) is 4.98 Å². The quantitative estimate of drug-likeness (QED) is 0.379. The van der Waals surface area contributed by atoms with Gasteiger partial charge < -0.3 is 19.5 Å².